The number of para-hydroxylation sites is 2. The molecule has 0 spiro atoms. The molecule has 2 heterocycles. The fraction of sp³-hybridized carbons (Fsp3) is 0.519. The summed E-state index contributed by atoms with van der Waals surface area (Å²) in [5.74, 6) is 0.734. The second kappa shape index (κ2) is 12.8. The molecule has 0 atom stereocenters. The van der Waals surface area contributed by atoms with Crippen molar-refractivity contribution in [1.29, 1.82) is 0 Å². The van der Waals surface area contributed by atoms with Crippen molar-refractivity contribution in [2.75, 3.05) is 52.4 Å². The Kier molecular flexibility index (Phi) is 9.77. The summed E-state index contributed by atoms with van der Waals surface area (Å²) >= 11 is 0. The van der Waals surface area contributed by atoms with Gasteiger partial charge >= 0.3 is 6.09 Å². The number of aromatic hydroxyl groups is 2. The largest absolute Gasteiger partial charge is 0.508 e. The highest BCUT2D eigenvalue weighted by molar-refractivity contribution is 5.68. The average Bonchev–Trinajstić information content (AvgIpc) is 2.83. The SMILES string of the molecule is CC(C)(C)OC(=O)N1CCN(Cc2ccccc2O)CC1.Oc1ccccc1CN1CCNCC1. The van der Waals surface area contributed by atoms with Gasteiger partial charge in [-0.05, 0) is 32.9 Å². The van der Waals surface area contributed by atoms with Gasteiger partial charge in [-0.15, -0.1) is 0 Å². The third-order valence-corrected chi connectivity index (χ3v) is 6.00. The van der Waals surface area contributed by atoms with Crippen molar-refractivity contribution in [3.8, 4) is 11.5 Å². The van der Waals surface area contributed by atoms with Gasteiger partial charge in [-0.2, -0.15) is 0 Å². The molecule has 2 saturated heterocycles. The van der Waals surface area contributed by atoms with Gasteiger partial charge in [0.25, 0.3) is 0 Å². The van der Waals surface area contributed by atoms with Crippen molar-refractivity contribution in [3.05, 3.63) is 59.7 Å². The van der Waals surface area contributed by atoms with Gasteiger partial charge in [-0.3, -0.25) is 9.80 Å². The van der Waals surface area contributed by atoms with Crippen LogP contribution >= 0.6 is 0 Å². The first-order valence-electron chi connectivity index (χ1n) is 12.4. The van der Waals surface area contributed by atoms with E-state index in [2.05, 4.69) is 15.1 Å². The van der Waals surface area contributed by atoms with E-state index in [1.54, 1.807) is 17.0 Å². The fourth-order valence-corrected chi connectivity index (χ4v) is 4.06. The summed E-state index contributed by atoms with van der Waals surface area (Å²) < 4.78 is 5.38. The minimum atomic E-state index is -0.454. The number of nitrogens with zero attached hydrogens (tertiary/aromatic N) is 3. The van der Waals surface area contributed by atoms with Crippen LogP contribution in [-0.4, -0.2) is 89.0 Å². The van der Waals surface area contributed by atoms with Crippen LogP contribution in [0.4, 0.5) is 4.79 Å². The molecule has 2 aliphatic rings. The second-order valence-corrected chi connectivity index (χ2v) is 10.0. The molecule has 8 nitrogen and oxygen atoms in total. The number of ether oxygens (including phenoxy) is 1. The van der Waals surface area contributed by atoms with Gasteiger partial charge in [0.05, 0.1) is 0 Å². The predicted octanol–water partition coefficient (Wildman–Crippen LogP) is 3.24. The molecule has 2 aliphatic heterocycles. The molecular weight excluding hydrogens is 444 g/mol. The summed E-state index contributed by atoms with van der Waals surface area (Å²) in [5, 5.41) is 22.7. The van der Waals surface area contributed by atoms with Crippen LogP contribution in [0.5, 0.6) is 11.5 Å². The molecule has 35 heavy (non-hydrogen) atoms. The van der Waals surface area contributed by atoms with Gasteiger partial charge in [0.15, 0.2) is 0 Å². The fourth-order valence-electron chi connectivity index (χ4n) is 4.06. The summed E-state index contributed by atoms with van der Waals surface area (Å²) in [6.07, 6.45) is -0.246. The Morgan fingerprint density at radius 2 is 1.26 bits per heavy atom. The molecule has 3 N–H and O–H groups in total. The Labute approximate surface area is 209 Å². The molecule has 0 unspecified atom stereocenters. The van der Waals surface area contributed by atoms with Crippen molar-refractivity contribution >= 4 is 6.09 Å². The average molecular weight is 485 g/mol. The quantitative estimate of drug-likeness (QED) is 0.614. The summed E-state index contributed by atoms with van der Waals surface area (Å²) in [6.45, 7) is 14.3. The monoisotopic (exact) mass is 484 g/mol. The van der Waals surface area contributed by atoms with Gasteiger partial charge in [0.2, 0.25) is 0 Å². The lowest BCUT2D eigenvalue weighted by atomic mass is 10.1. The highest BCUT2D eigenvalue weighted by atomic mass is 16.6. The number of hydrogen-bond donors (Lipinski definition) is 3. The Morgan fingerprint density at radius 1 is 0.800 bits per heavy atom. The minimum absolute atomic E-state index is 0.246. The number of nitrogens with one attached hydrogen (secondary N) is 1. The molecule has 0 bridgehead atoms. The number of amides is 1. The van der Waals surface area contributed by atoms with Crippen molar-refractivity contribution in [1.82, 2.24) is 20.0 Å². The molecule has 0 aromatic heterocycles. The Balaban J connectivity index is 0.000000211. The number of rotatable bonds is 4. The number of phenolic OH excluding ortho intramolecular Hbond substituents is 2. The molecule has 2 aromatic carbocycles. The Morgan fingerprint density at radius 3 is 1.71 bits per heavy atom. The number of piperazine rings is 2. The number of carbonyl (C=O) groups is 1. The van der Waals surface area contributed by atoms with Gasteiger partial charge in [0.1, 0.15) is 17.1 Å². The van der Waals surface area contributed by atoms with Gasteiger partial charge in [-0.25, -0.2) is 4.79 Å². The van der Waals surface area contributed by atoms with Crippen molar-refractivity contribution in [3.63, 3.8) is 0 Å². The van der Waals surface area contributed by atoms with Crippen molar-refractivity contribution in [2.45, 2.75) is 39.5 Å². The number of hydrogen-bond acceptors (Lipinski definition) is 7. The number of phenols is 2. The topological polar surface area (TPSA) is 88.5 Å². The van der Waals surface area contributed by atoms with Gasteiger partial charge < -0.3 is 25.2 Å². The molecule has 4 rings (SSSR count). The maximum atomic E-state index is 12.0. The van der Waals surface area contributed by atoms with E-state index in [0.29, 0.717) is 31.1 Å². The maximum Gasteiger partial charge on any atom is 0.410 e. The lowest BCUT2D eigenvalue weighted by Crippen LogP contribution is -2.49. The van der Waals surface area contributed by atoms with Crippen LogP contribution in [0.15, 0.2) is 48.5 Å². The third kappa shape index (κ3) is 9.05. The van der Waals surface area contributed by atoms with Gasteiger partial charge in [-0.1, -0.05) is 36.4 Å². The van der Waals surface area contributed by atoms with E-state index in [4.69, 9.17) is 4.74 Å². The minimum Gasteiger partial charge on any atom is -0.508 e. The third-order valence-electron chi connectivity index (χ3n) is 6.00. The van der Waals surface area contributed by atoms with Crippen molar-refractivity contribution in [2.24, 2.45) is 0 Å². The van der Waals surface area contributed by atoms with Crippen LogP contribution in [0.1, 0.15) is 31.9 Å². The van der Waals surface area contributed by atoms with Crippen LogP contribution in [0.2, 0.25) is 0 Å². The Hall–Kier alpha value is -2.81. The molecule has 2 fully saturated rings. The van der Waals surface area contributed by atoms with E-state index in [-0.39, 0.29) is 6.09 Å². The molecule has 0 radical (unpaired) electrons. The van der Waals surface area contributed by atoms with E-state index in [0.717, 1.165) is 56.9 Å². The standard InChI is InChI=1S/C16H24N2O3.C11H16N2O/c1-16(2,3)21-15(20)18-10-8-17(9-11-18)12-13-6-4-5-7-14(13)19;14-11-4-2-1-3-10(11)9-13-7-5-12-6-8-13/h4-7,19H,8-12H2,1-3H3;1-4,12,14H,5-9H2. The first-order valence-corrected chi connectivity index (χ1v) is 12.4. The van der Waals surface area contributed by atoms with Crippen LogP contribution in [0, 0.1) is 0 Å². The number of benzene rings is 2. The highest BCUT2D eigenvalue weighted by Crippen LogP contribution is 2.19. The summed E-state index contributed by atoms with van der Waals surface area (Å²) in [4.78, 5) is 18.3. The smallest absolute Gasteiger partial charge is 0.410 e. The zero-order valence-electron chi connectivity index (χ0n) is 21.2. The van der Waals surface area contributed by atoms with Crippen molar-refractivity contribution < 1.29 is 19.7 Å². The summed E-state index contributed by atoms with van der Waals surface area (Å²) in [7, 11) is 0. The first-order chi connectivity index (χ1) is 16.7. The lowest BCUT2D eigenvalue weighted by Gasteiger charge is -2.35. The summed E-state index contributed by atoms with van der Waals surface area (Å²) in [5.41, 5.74) is 1.49. The molecule has 192 valence electrons. The Bertz CT molecular complexity index is 933. The molecule has 1 amide bonds. The second-order valence-electron chi connectivity index (χ2n) is 10.0. The molecule has 0 aliphatic carbocycles. The molecular formula is C27H40N4O4. The predicted molar refractivity (Wildman–Crippen MR) is 137 cm³/mol. The zero-order chi connectivity index (χ0) is 25.3. The van der Waals surface area contributed by atoms with Crippen LogP contribution in [-0.2, 0) is 17.8 Å². The van der Waals surface area contributed by atoms with Crippen LogP contribution < -0.4 is 5.32 Å². The number of carbonyl (C=O) groups excluding carboxylic acids is 1. The molecule has 2 aromatic rings. The van der Waals surface area contributed by atoms with Gasteiger partial charge in [0, 0.05) is 76.6 Å². The van der Waals surface area contributed by atoms with Crippen LogP contribution in [0.3, 0.4) is 0 Å². The molecule has 8 heteroatoms. The van der Waals surface area contributed by atoms with E-state index in [9.17, 15) is 15.0 Å². The zero-order valence-corrected chi connectivity index (χ0v) is 21.2. The van der Waals surface area contributed by atoms with Crippen LogP contribution in [0.25, 0.3) is 0 Å². The van der Waals surface area contributed by atoms with E-state index in [1.807, 2.05) is 57.2 Å². The first kappa shape index (κ1) is 26.8. The molecule has 0 saturated carbocycles. The highest BCUT2D eigenvalue weighted by Gasteiger charge is 2.26. The maximum absolute atomic E-state index is 12.0. The van der Waals surface area contributed by atoms with E-state index in [1.165, 1.54) is 0 Å². The van der Waals surface area contributed by atoms with E-state index >= 15 is 0 Å². The van der Waals surface area contributed by atoms with E-state index < -0.39 is 5.60 Å². The lowest BCUT2D eigenvalue weighted by molar-refractivity contribution is 0.0138. The normalized spacial score (nSPS) is 17.4. The summed E-state index contributed by atoms with van der Waals surface area (Å²) in [6, 6.07) is 14.9.